The molecule has 1 aliphatic heterocycles. The highest BCUT2D eigenvalue weighted by Gasteiger charge is 2.20. The third-order valence-corrected chi connectivity index (χ3v) is 4.18. The lowest BCUT2D eigenvalue weighted by Crippen LogP contribution is -2.42. The summed E-state index contributed by atoms with van der Waals surface area (Å²) in [6.07, 6.45) is 0. The molecule has 2 aromatic rings. The first-order valence-electron chi connectivity index (χ1n) is 8.32. The Balaban J connectivity index is 1.76. The van der Waals surface area contributed by atoms with Crippen LogP contribution in [0.4, 0.5) is 0 Å². The molecule has 0 radical (unpaired) electrons. The molecule has 6 nitrogen and oxygen atoms in total. The maximum atomic E-state index is 12.5. The van der Waals surface area contributed by atoms with E-state index in [9.17, 15) is 14.9 Å². The zero-order valence-corrected chi connectivity index (χ0v) is 14.2. The van der Waals surface area contributed by atoms with Crippen LogP contribution in [0.5, 0.6) is 0 Å². The van der Waals surface area contributed by atoms with Gasteiger partial charge in [-0.3, -0.25) is 4.79 Å². The third kappa shape index (κ3) is 3.90. The van der Waals surface area contributed by atoms with Gasteiger partial charge in [-0.1, -0.05) is 36.4 Å². The van der Waals surface area contributed by atoms with E-state index in [0.717, 1.165) is 0 Å². The van der Waals surface area contributed by atoms with Gasteiger partial charge in [0.2, 0.25) is 0 Å². The molecule has 1 fully saturated rings. The van der Waals surface area contributed by atoms with Crippen LogP contribution in [0.2, 0.25) is 0 Å². The number of nitriles is 1. The fourth-order valence-corrected chi connectivity index (χ4v) is 2.82. The highest BCUT2D eigenvalue weighted by atomic mass is 16.5. The minimum absolute atomic E-state index is 0.239. The fraction of sp³-hybridized carbons (Fsp3) is 0.250. The van der Waals surface area contributed by atoms with Gasteiger partial charge in [0.25, 0.3) is 5.91 Å². The van der Waals surface area contributed by atoms with Crippen molar-refractivity contribution in [3.05, 3.63) is 59.7 Å². The first-order chi connectivity index (χ1) is 12.7. The molecule has 1 saturated heterocycles. The summed E-state index contributed by atoms with van der Waals surface area (Å²) in [7, 11) is 0. The van der Waals surface area contributed by atoms with Crippen LogP contribution in [0.15, 0.2) is 48.5 Å². The minimum Gasteiger partial charge on any atom is -0.452 e. The van der Waals surface area contributed by atoms with E-state index in [4.69, 9.17) is 9.47 Å². The molecular formula is C20H18N2O4. The summed E-state index contributed by atoms with van der Waals surface area (Å²) < 4.78 is 10.4. The summed E-state index contributed by atoms with van der Waals surface area (Å²) in [6, 6.07) is 16.1. The number of esters is 1. The van der Waals surface area contributed by atoms with Gasteiger partial charge in [-0.25, -0.2) is 4.79 Å². The van der Waals surface area contributed by atoms with Crippen molar-refractivity contribution in [2.75, 3.05) is 32.9 Å². The number of benzene rings is 2. The lowest BCUT2D eigenvalue weighted by Gasteiger charge is -2.26. The van der Waals surface area contributed by atoms with Gasteiger partial charge >= 0.3 is 5.97 Å². The number of carbonyl (C=O) groups is 2. The molecule has 6 heteroatoms. The van der Waals surface area contributed by atoms with Gasteiger partial charge in [-0.2, -0.15) is 5.26 Å². The largest absolute Gasteiger partial charge is 0.452 e. The topological polar surface area (TPSA) is 79.6 Å². The summed E-state index contributed by atoms with van der Waals surface area (Å²) in [5.74, 6) is -0.827. The average molecular weight is 350 g/mol. The zero-order chi connectivity index (χ0) is 18.4. The Labute approximate surface area is 151 Å². The standard InChI is InChI=1S/C20H18N2O4/c21-13-15-5-1-2-6-16(15)17-7-3-4-8-18(17)20(24)26-14-19(23)22-9-11-25-12-10-22/h1-8H,9-12,14H2. The Morgan fingerprint density at radius 3 is 2.42 bits per heavy atom. The van der Waals surface area contributed by atoms with E-state index >= 15 is 0 Å². The molecule has 1 heterocycles. The second-order valence-corrected chi connectivity index (χ2v) is 5.77. The van der Waals surface area contributed by atoms with Crippen molar-refractivity contribution in [3.8, 4) is 17.2 Å². The molecule has 0 aliphatic carbocycles. The number of amides is 1. The lowest BCUT2D eigenvalue weighted by molar-refractivity contribution is -0.138. The van der Waals surface area contributed by atoms with Crippen LogP contribution in [-0.2, 0) is 14.3 Å². The molecule has 0 aromatic heterocycles. The predicted octanol–water partition coefficient (Wildman–Crippen LogP) is 2.24. The summed E-state index contributed by atoms with van der Waals surface area (Å²) in [6.45, 7) is 1.68. The molecule has 1 amide bonds. The summed E-state index contributed by atoms with van der Waals surface area (Å²) >= 11 is 0. The summed E-state index contributed by atoms with van der Waals surface area (Å²) in [5.41, 5.74) is 2.05. The Bertz CT molecular complexity index is 851. The number of morpholine rings is 1. The van der Waals surface area contributed by atoms with E-state index in [-0.39, 0.29) is 12.5 Å². The van der Waals surface area contributed by atoms with Crippen molar-refractivity contribution < 1.29 is 19.1 Å². The lowest BCUT2D eigenvalue weighted by atomic mass is 9.96. The van der Waals surface area contributed by atoms with Crippen LogP contribution in [0.1, 0.15) is 15.9 Å². The number of hydrogen-bond acceptors (Lipinski definition) is 5. The molecule has 0 saturated carbocycles. The van der Waals surface area contributed by atoms with E-state index in [1.807, 2.05) is 0 Å². The number of ether oxygens (including phenoxy) is 2. The maximum Gasteiger partial charge on any atom is 0.339 e. The van der Waals surface area contributed by atoms with Crippen LogP contribution in [0, 0.1) is 11.3 Å². The van der Waals surface area contributed by atoms with Crippen LogP contribution < -0.4 is 0 Å². The second-order valence-electron chi connectivity index (χ2n) is 5.77. The van der Waals surface area contributed by atoms with Crippen LogP contribution >= 0.6 is 0 Å². The highest BCUT2D eigenvalue weighted by molar-refractivity contribution is 5.98. The molecule has 26 heavy (non-hydrogen) atoms. The van der Waals surface area contributed by atoms with Gasteiger partial charge < -0.3 is 14.4 Å². The third-order valence-electron chi connectivity index (χ3n) is 4.18. The van der Waals surface area contributed by atoms with Crippen molar-refractivity contribution in [1.29, 1.82) is 5.26 Å². The Hall–Kier alpha value is -3.17. The normalized spacial score (nSPS) is 13.7. The number of hydrogen-bond donors (Lipinski definition) is 0. The van der Waals surface area contributed by atoms with Crippen molar-refractivity contribution in [3.63, 3.8) is 0 Å². The predicted molar refractivity (Wildman–Crippen MR) is 94.3 cm³/mol. The number of carbonyl (C=O) groups excluding carboxylic acids is 2. The van der Waals surface area contributed by atoms with Gasteiger partial charge in [0.1, 0.15) is 0 Å². The second kappa shape index (κ2) is 8.28. The molecule has 0 atom stereocenters. The monoisotopic (exact) mass is 350 g/mol. The molecule has 1 aliphatic rings. The molecule has 132 valence electrons. The molecule has 0 bridgehead atoms. The van der Waals surface area contributed by atoms with Gasteiger partial charge in [-0.05, 0) is 17.7 Å². The highest BCUT2D eigenvalue weighted by Crippen LogP contribution is 2.27. The SMILES string of the molecule is N#Cc1ccccc1-c1ccccc1C(=O)OCC(=O)N1CCOCC1. The van der Waals surface area contributed by atoms with Crippen LogP contribution in [-0.4, -0.2) is 49.7 Å². The first-order valence-corrected chi connectivity index (χ1v) is 8.32. The van der Waals surface area contributed by atoms with Crippen molar-refractivity contribution in [1.82, 2.24) is 4.90 Å². The van der Waals surface area contributed by atoms with Crippen molar-refractivity contribution in [2.45, 2.75) is 0 Å². The van der Waals surface area contributed by atoms with Crippen LogP contribution in [0.25, 0.3) is 11.1 Å². The smallest absolute Gasteiger partial charge is 0.339 e. The number of nitrogens with zero attached hydrogens (tertiary/aromatic N) is 2. The Morgan fingerprint density at radius 2 is 1.69 bits per heavy atom. The van der Waals surface area contributed by atoms with E-state index in [1.54, 1.807) is 53.4 Å². The van der Waals surface area contributed by atoms with Crippen molar-refractivity contribution >= 4 is 11.9 Å². The van der Waals surface area contributed by atoms with Gasteiger partial charge in [0.15, 0.2) is 6.61 Å². The minimum atomic E-state index is -0.588. The number of rotatable bonds is 4. The fourth-order valence-electron chi connectivity index (χ4n) is 2.82. The average Bonchev–Trinajstić information content (AvgIpc) is 2.72. The maximum absolute atomic E-state index is 12.5. The van der Waals surface area contributed by atoms with Crippen LogP contribution in [0.3, 0.4) is 0 Å². The van der Waals surface area contributed by atoms with E-state index in [2.05, 4.69) is 6.07 Å². The van der Waals surface area contributed by atoms with Gasteiger partial charge in [0.05, 0.1) is 30.4 Å². The molecule has 0 unspecified atom stereocenters. The molecular weight excluding hydrogens is 332 g/mol. The summed E-state index contributed by atoms with van der Waals surface area (Å²) in [5, 5.41) is 9.30. The molecule has 3 rings (SSSR count). The first kappa shape index (κ1) is 17.6. The van der Waals surface area contributed by atoms with Gasteiger partial charge in [0, 0.05) is 18.7 Å². The van der Waals surface area contributed by atoms with Gasteiger partial charge in [-0.15, -0.1) is 0 Å². The molecule has 0 spiro atoms. The Kier molecular flexibility index (Phi) is 5.62. The van der Waals surface area contributed by atoms with E-state index in [0.29, 0.717) is 48.6 Å². The zero-order valence-electron chi connectivity index (χ0n) is 14.2. The van der Waals surface area contributed by atoms with E-state index in [1.165, 1.54) is 0 Å². The molecule has 0 N–H and O–H groups in total. The Morgan fingerprint density at radius 1 is 1.04 bits per heavy atom. The summed E-state index contributed by atoms with van der Waals surface area (Å²) in [4.78, 5) is 26.3. The molecule has 2 aromatic carbocycles. The van der Waals surface area contributed by atoms with Crippen molar-refractivity contribution in [2.24, 2.45) is 0 Å². The quantitative estimate of drug-likeness (QED) is 0.790. The van der Waals surface area contributed by atoms with E-state index < -0.39 is 5.97 Å².